The van der Waals surface area contributed by atoms with E-state index in [-0.39, 0.29) is 0 Å². The molecule has 78 valence electrons. The number of rotatable bonds is 2. The van der Waals surface area contributed by atoms with Gasteiger partial charge < -0.3 is 4.98 Å². The van der Waals surface area contributed by atoms with E-state index in [0.29, 0.717) is 6.04 Å². The van der Waals surface area contributed by atoms with Gasteiger partial charge in [0.25, 0.3) is 0 Å². The van der Waals surface area contributed by atoms with Crippen LogP contribution in [0, 0.1) is 10.7 Å². The summed E-state index contributed by atoms with van der Waals surface area (Å²) in [4.78, 5) is 7.61. The SMILES string of the molecule is CCC1CC1n1c(=S)[nH]c2cccnc21. The molecule has 2 heterocycles. The predicted octanol–water partition coefficient (Wildman–Crippen LogP) is 3.06. The highest BCUT2D eigenvalue weighted by Gasteiger charge is 2.38. The van der Waals surface area contributed by atoms with E-state index in [1.165, 1.54) is 12.8 Å². The minimum atomic E-state index is 0.575. The van der Waals surface area contributed by atoms with Crippen LogP contribution in [-0.4, -0.2) is 14.5 Å². The summed E-state index contributed by atoms with van der Waals surface area (Å²) >= 11 is 5.34. The average molecular weight is 219 g/mol. The molecule has 4 heteroatoms. The quantitative estimate of drug-likeness (QED) is 0.787. The smallest absolute Gasteiger partial charge is 0.179 e. The van der Waals surface area contributed by atoms with E-state index in [4.69, 9.17) is 12.2 Å². The Hall–Kier alpha value is -1.16. The maximum atomic E-state index is 5.34. The molecule has 2 aromatic rings. The minimum Gasteiger partial charge on any atom is -0.329 e. The largest absolute Gasteiger partial charge is 0.329 e. The molecule has 3 nitrogen and oxygen atoms in total. The molecule has 0 bridgehead atoms. The number of H-pyrrole nitrogens is 1. The van der Waals surface area contributed by atoms with Crippen LogP contribution in [0.3, 0.4) is 0 Å². The fourth-order valence-corrected chi connectivity index (χ4v) is 2.58. The maximum absolute atomic E-state index is 5.34. The van der Waals surface area contributed by atoms with Crippen molar-refractivity contribution in [2.45, 2.75) is 25.8 Å². The van der Waals surface area contributed by atoms with Crippen molar-refractivity contribution < 1.29 is 0 Å². The molecule has 1 fully saturated rings. The lowest BCUT2D eigenvalue weighted by molar-refractivity contribution is 0.644. The van der Waals surface area contributed by atoms with Crippen LogP contribution < -0.4 is 0 Å². The highest BCUT2D eigenvalue weighted by atomic mass is 32.1. The van der Waals surface area contributed by atoms with Gasteiger partial charge in [0.05, 0.1) is 5.52 Å². The molecule has 0 spiro atoms. The number of nitrogens with zero attached hydrogens (tertiary/aromatic N) is 2. The molecule has 15 heavy (non-hydrogen) atoms. The number of aromatic nitrogens is 3. The van der Waals surface area contributed by atoms with Gasteiger partial charge in [0.2, 0.25) is 0 Å². The van der Waals surface area contributed by atoms with Crippen LogP contribution in [0.5, 0.6) is 0 Å². The van der Waals surface area contributed by atoms with Crippen molar-refractivity contribution in [1.82, 2.24) is 14.5 Å². The summed E-state index contributed by atoms with van der Waals surface area (Å²) in [7, 11) is 0. The fourth-order valence-electron chi connectivity index (χ4n) is 2.25. The second-order valence-electron chi connectivity index (χ2n) is 4.15. The van der Waals surface area contributed by atoms with Gasteiger partial charge in [-0.05, 0) is 36.7 Å². The molecule has 0 aromatic carbocycles. The molecule has 0 saturated heterocycles. The summed E-state index contributed by atoms with van der Waals surface area (Å²) in [6.45, 7) is 2.23. The van der Waals surface area contributed by atoms with Gasteiger partial charge >= 0.3 is 0 Å². The summed E-state index contributed by atoms with van der Waals surface area (Å²) in [5.41, 5.74) is 2.05. The van der Waals surface area contributed by atoms with Crippen molar-refractivity contribution in [2.24, 2.45) is 5.92 Å². The Morgan fingerprint density at radius 1 is 1.67 bits per heavy atom. The highest BCUT2D eigenvalue weighted by molar-refractivity contribution is 7.71. The van der Waals surface area contributed by atoms with E-state index in [2.05, 4.69) is 21.5 Å². The predicted molar refractivity (Wildman–Crippen MR) is 62.4 cm³/mol. The number of pyridine rings is 1. The zero-order valence-corrected chi connectivity index (χ0v) is 9.42. The Morgan fingerprint density at radius 3 is 3.27 bits per heavy atom. The summed E-state index contributed by atoms with van der Waals surface area (Å²) < 4.78 is 2.99. The number of nitrogens with one attached hydrogen (secondary N) is 1. The molecule has 1 saturated carbocycles. The van der Waals surface area contributed by atoms with Gasteiger partial charge in [0, 0.05) is 12.2 Å². The van der Waals surface area contributed by atoms with Crippen LogP contribution in [-0.2, 0) is 0 Å². The van der Waals surface area contributed by atoms with Gasteiger partial charge in [-0.15, -0.1) is 0 Å². The molecule has 0 radical (unpaired) electrons. The third-order valence-corrected chi connectivity index (χ3v) is 3.52. The molecule has 2 unspecified atom stereocenters. The van der Waals surface area contributed by atoms with E-state index in [9.17, 15) is 0 Å². The summed E-state index contributed by atoms with van der Waals surface area (Å²) in [5, 5.41) is 0. The molecule has 2 aromatic heterocycles. The van der Waals surface area contributed by atoms with E-state index < -0.39 is 0 Å². The van der Waals surface area contributed by atoms with Crippen LogP contribution in [0.1, 0.15) is 25.8 Å². The standard InChI is InChI=1S/C11H13N3S/c1-2-7-6-9(7)14-10-8(13-11(14)15)4-3-5-12-10/h3-5,7,9H,2,6H2,1H3,(H,13,15). The first-order chi connectivity index (χ1) is 7.31. The molecule has 1 N–H and O–H groups in total. The van der Waals surface area contributed by atoms with Gasteiger partial charge in [-0.1, -0.05) is 13.3 Å². The molecule has 1 aliphatic rings. The Balaban J connectivity index is 2.18. The number of hydrogen-bond acceptors (Lipinski definition) is 2. The second kappa shape index (κ2) is 3.17. The van der Waals surface area contributed by atoms with Gasteiger partial charge in [-0.25, -0.2) is 4.98 Å². The summed E-state index contributed by atoms with van der Waals surface area (Å²) in [6.07, 6.45) is 4.30. The van der Waals surface area contributed by atoms with Crippen LogP contribution >= 0.6 is 12.2 Å². The molecule has 0 aliphatic heterocycles. The first-order valence-electron chi connectivity index (χ1n) is 5.36. The zero-order chi connectivity index (χ0) is 10.4. The van der Waals surface area contributed by atoms with Crippen LogP contribution in [0.15, 0.2) is 18.3 Å². The topological polar surface area (TPSA) is 33.6 Å². The van der Waals surface area contributed by atoms with Crippen molar-refractivity contribution in [3.05, 3.63) is 23.1 Å². The van der Waals surface area contributed by atoms with Crippen molar-refractivity contribution in [1.29, 1.82) is 0 Å². The Labute approximate surface area is 93.1 Å². The third-order valence-electron chi connectivity index (χ3n) is 3.22. The fraction of sp³-hybridized carbons (Fsp3) is 0.455. The first kappa shape index (κ1) is 9.09. The lowest BCUT2D eigenvalue weighted by Crippen LogP contribution is -1.97. The van der Waals surface area contributed by atoms with E-state index >= 15 is 0 Å². The van der Waals surface area contributed by atoms with Crippen LogP contribution in [0.25, 0.3) is 11.2 Å². The van der Waals surface area contributed by atoms with E-state index in [1.54, 1.807) is 0 Å². The van der Waals surface area contributed by atoms with Gasteiger partial charge in [-0.2, -0.15) is 0 Å². The molecular weight excluding hydrogens is 206 g/mol. The number of imidazole rings is 1. The Bertz CT molecular complexity index is 554. The molecule has 2 atom stereocenters. The summed E-state index contributed by atoms with van der Waals surface area (Å²) in [6, 6.07) is 4.53. The van der Waals surface area contributed by atoms with Gasteiger partial charge in [0.15, 0.2) is 10.4 Å². The van der Waals surface area contributed by atoms with Crippen LogP contribution in [0.4, 0.5) is 0 Å². The molecule has 0 amide bonds. The van der Waals surface area contributed by atoms with Crippen molar-refractivity contribution in [3.8, 4) is 0 Å². The van der Waals surface area contributed by atoms with Crippen molar-refractivity contribution >= 4 is 23.4 Å². The van der Waals surface area contributed by atoms with E-state index in [1.807, 2.05) is 18.3 Å². The van der Waals surface area contributed by atoms with Crippen LogP contribution in [0.2, 0.25) is 0 Å². The summed E-state index contributed by atoms with van der Waals surface area (Å²) in [5.74, 6) is 0.790. The Morgan fingerprint density at radius 2 is 2.53 bits per heavy atom. The first-order valence-corrected chi connectivity index (χ1v) is 5.77. The molecular formula is C11H13N3S. The van der Waals surface area contributed by atoms with Gasteiger partial charge in [0.1, 0.15) is 0 Å². The maximum Gasteiger partial charge on any atom is 0.179 e. The highest BCUT2D eigenvalue weighted by Crippen LogP contribution is 2.46. The number of hydrogen-bond donors (Lipinski definition) is 1. The average Bonchev–Trinajstić information content (AvgIpc) is 2.93. The second-order valence-corrected chi connectivity index (χ2v) is 4.53. The zero-order valence-electron chi connectivity index (χ0n) is 8.60. The lowest BCUT2D eigenvalue weighted by atomic mass is 10.3. The number of aromatic amines is 1. The van der Waals surface area contributed by atoms with E-state index in [0.717, 1.165) is 21.9 Å². The lowest BCUT2D eigenvalue weighted by Gasteiger charge is -2.01. The molecule has 1 aliphatic carbocycles. The normalized spacial score (nSPS) is 24.6. The third kappa shape index (κ3) is 1.32. The Kier molecular flexibility index (Phi) is 1.92. The van der Waals surface area contributed by atoms with Gasteiger partial charge in [-0.3, -0.25) is 4.57 Å². The molecule has 3 rings (SSSR count). The minimum absolute atomic E-state index is 0.575. The van der Waals surface area contributed by atoms with Crippen molar-refractivity contribution in [2.75, 3.05) is 0 Å². The monoisotopic (exact) mass is 219 g/mol. The number of fused-ring (bicyclic) bond motifs is 1. The van der Waals surface area contributed by atoms with Crippen molar-refractivity contribution in [3.63, 3.8) is 0 Å².